The fraction of sp³-hybridized carbons (Fsp3) is 0.900. The van der Waals surface area contributed by atoms with E-state index in [1.54, 1.807) is 7.11 Å². The van der Waals surface area contributed by atoms with Crippen molar-refractivity contribution in [2.45, 2.75) is 19.9 Å². The number of aliphatic hydroxyl groups excluding tert-OH is 1. The van der Waals surface area contributed by atoms with Gasteiger partial charge in [0.25, 0.3) is 0 Å². The SMILES string of the molecule is COCC(C)NC(=O)CNCC(C)CO. The summed E-state index contributed by atoms with van der Waals surface area (Å²) in [5, 5.41) is 14.5. The van der Waals surface area contributed by atoms with Crippen LogP contribution < -0.4 is 10.6 Å². The van der Waals surface area contributed by atoms with E-state index in [1.807, 2.05) is 13.8 Å². The Labute approximate surface area is 91.2 Å². The Hall–Kier alpha value is -0.650. The second-order valence-electron chi connectivity index (χ2n) is 3.84. The van der Waals surface area contributed by atoms with Crippen molar-refractivity contribution in [3.63, 3.8) is 0 Å². The van der Waals surface area contributed by atoms with Gasteiger partial charge in [0, 0.05) is 26.3 Å². The first-order valence-corrected chi connectivity index (χ1v) is 5.20. The van der Waals surface area contributed by atoms with Crippen molar-refractivity contribution in [3.8, 4) is 0 Å². The number of hydrogen-bond acceptors (Lipinski definition) is 4. The largest absolute Gasteiger partial charge is 0.396 e. The van der Waals surface area contributed by atoms with Crippen LogP contribution in [0.3, 0.4) is 0 Å². The van der Waals surface area contributed by atoms with Crippen molar-refractivity contribution in [1.82, 2.24) is 10.6 Å². The van der Waals surface area contributed by atoms with Crippen LogP contribution in [0.5, 0.6) is 0 Å². The molecule has 2 unspecified atom stereocenters. The number of aliphatic hydroxyl groups is 1. The first-order chi connectivity index (χ1) is 7.10. The average molecular weight is 218 g/mol. The Morgan fingerprint density at radius 2 is 2.13 bits per heavy atom. The summed E-state index contributed by atoms with van der Waals surface area (Å²) in [6, 6.07) is 0.0274. The molecule has 0 saturated carbocycles. The zero-order chi connectivity index (χ0) is 11.7. The van der Waals surface area contributed by atoms with Crippen molar-refractivity contribution in [1.29, 1.82) is 0 Å². The van der Waals surface area contributed by atoms with E-state index in [0.717, 1.165) is 0 Å². The minimum atomic E-state index is -0.0512. The number of nitrogens with one attached hydrogen (secondary N) is 2. The van der Waals surface area contributed by atoms with Gasteiger partial charge in [-0.1, -0.05) is 6.92 Å². The Morgan fingerprint density at radius 3 is 2.67 bits per heavy atom. The molecule has 0 aliphatic carbocycles. The quantitative estimate of drug-likeness (QED) is 0.506. The number of ether oxygens (including phenoxy) is 1. The van der Waals surface area contributed by atoms with Crippen LogP contribution in [-0.4, -0.2) is 50.5 Å². The lowest BCUT2D eigenvalue weighted by molar-refractivity contribution is -0.121. The molecule has 0 heterocycles. The summed E-state index contributed by atoms with van der Waals surface area (Å²) < 4.78 is 4.90. The maximum atomic E-state index is 11.3. The van der Waals surface area contributed by atoms with E-state index in [1.165, 1.54) is 0 Å². The minimum Gasteiger partial charge on any atom is -0.396 e. The zero-order valence-corrected chi connectivity index (χ0v) is 9.75. The molecule has 0 bridgehead atoms. The first-order valence-electron chi connectivity index (χ1n) is 5.20. The van der Waals surface area contributed by atoms with Crippen LogP contribution in [0.1, 0.15) is 13.8 Å². The predicted octanol–water partition coefficient (Wildman–Crippen LogP) is -0.644. The second kappa shape index (κ2) is 8.64. The highest BCUT2D eigenvalue weighted by atomic mass is 16.5. The molecule has 0 aromatic rings. The van der Waals surface area contributed by atoms with Crippen LogP contribution >= 0.6 is 0 Å². The molecule has 0 fully saturated rings. The predicted molar refractivity (Wildman–Crippen MR) is 58.6 cm³/mol. The minimum absolute atomic E-state index is 0.0274. The Morgan fingerprint density at radius 1 is 1.47 bits per heavy atom. The van der Waals surface area contributed by atoms with Gasteiger partial charge in [-0.25, -0.2) is 0 Å². The van der Waals surface area contributed by atoms with Crippen LogP contribution in [0.2, 0.25) is 0 Å². The molecule has 5 nitrogen and oxygen atoms in total. The standard InChI is InChI=1S/C10H22N2O3/c1-8(6-13)4-11-5-10(14)12-9(2)7-15-3/h8-9,11,13H,4-7H2,1-3H3,(H,12,14). The molecule has 3 N–H and O–H groups in total. The molecule has 15 heavy (non-hydrogen) atoms. The van der Waals surface area contributed by atoms with E-state index in [2.05, 4.69) is 10.6 Å². The molecule has 0 aromatic carbocycles. The molecule has 1 amide bonds. The molecule has 0 aromatic heterocycles. The van der Waals surface area contributed by atoms with Crippen LogP contribution in [0.25, 0.3) is 0 Å². The number of hydrogen-bond donors (Lipinski definition) is 3. The van der Waals surface area contributed by atoms with Gasteiger partial charge >= 0.3 is 0 Å². The van der Waals surface area contributed by atoms with Crippen molar-refractivity contribution in [3.05, 3.63) is 0 Å². The second-order valence-corrected chi connectivity index (χ2v) is 3.84. The Bertz CT molecular complexity index is 176. The molecule has 0 aliphatic heterocycles. The van der Waals surface area contributed by atoms with Gasteiger partial charge in [0.2, 0.25) is 5.91 Å². The smallest absolute Gasteiger partial charge is 0.234 e. The first kappa shape index (κ1) is 14.3. The fourth-order valence-electron chi connectivity index (χ4n) is 1.11. The van der Waals surface area contributed by atoms with Gasteiger partial charge in [-0.15, -0.1) is 0 Å². The summed E-state index contributed by atoms with van der Waals surface area (Å²) in [6.07, 6.45) is 0. The van der Waals surface area contributed by atoms with Crippen molar-refractivity contribution in [2.24, 2.45) is 5.92 Å². The lowest BCUT2D eigenvalue weighted by atomic mass is 10.2. The fourth-order valence-corrected chi connectivity index (χ4v) is 1.11. The van der Waals surface area contributed by atoms with Crippen LogP contribution in [-0.2, 0) is 9.53 Å². The van der Waals surface area contributed by atoms with E-state index in [9.17, 15) is 4.79 Å². The third-order valence-electron chi connectivity index (χ3n) is 1.91. The summed E-state index contributed by atoms with van der Waals surface area (Å²) in [7, 11) is 1.60. The summed E-state index contributed by atoms with van der Waals surface area (Å²) in [6.45, 7) is 5.37. The maximum Gasteiger partial charge on any atom is 0.234 e. The number of carbonyl (C=O) groups excluding carboxylic acids is 1. The van der Waals surface area contributed by atoms with Crippen LogP contribution in [0.4, 0.5) is 0 Å². The molecule has 0 saturated heterocycles. The lowest BCUT2D eigenvalue weighted by Gasteiger charge is -2.14. The summed E-state index contributed by atoms with van der Waals surface area (Å²) in [4.78, 5) is 11.3. The molecule has 5 heteroatoms. The zero-order valence-electron chi connectivity index (χ0n) is 9.75. The molecule has 2 atom stereocenters. The summed E-state index contributed by atoms with van der Waals surface area (Å²) in [5.41, 5.74) is 0. The molecule has 90 valence electrons. The summed E-state index contributed by atoms with van der Waals surface area (Å²) in [5.74, 6) is 0.124. The normalized spacial score (nSPS) is 14.7. The van der Waals surface area contributed by atoms with E-state index in [-0.39, 0.29) is 31.0 Å². The van der Waals surface area contributed by atoms with Gasteiger partial charge in [-0.2, -0.15) is 0 Å². The highest BCUT2D eigenvalue weighted by Crippen LogP contribution is 1.88. The molecule has 0 aliphatic rings. The van der Waals surface area contributed by atoms with E-state index in [4.69, 9.17) is 9.84 Å². The molecule has 0 spiro atoms. The van der Waals surface area contributed by atoms with Crippen molar-refractivity contribution >= 4 is 5.91 Å². The van der Waals surface area contributed by atoms with E-state index < -0.39 is 0 Å². The van der Waals surface area contributed by atoms with Gasteiger partial charge in [-0.3, -0.25) is 4.79 Å². The van der Waals surface area contributed by atoms with Crippen LogP contribution in [0.15, 0.2) is 0 Å². The highest BCUT2D eigenvalue weighted by Gasteiger charge is 2.06. The molecule has 0 radical (unpaired) electrons. The van der Waals surface area contributed by atoms with Crippen LogP contribution in [0, 0.1) is 5.92 Å². The third kappa shape index (κ3) is 8.35. The van der Waals surface area contributed by atoms with E-state index >= 15 is 0 Å². The monoisotopic (exact) mass is 218 g/mol. The highest BCUT2D eigenvalue weighted by molar-refractivity contribution is 5.78. The van der Waals surface area contributed by atoms with Crippen molar-refractivity contribution in [2.75, 3.05) is 33.4 Å². The Balaban J connectivity index is 3.48. The van der Waals surface area contributed by atoms with Gasteiger partial charge < -0.3 is 20.5 Å². The van der Waals surface area contributed by atoms with Gasteiger partial charge in [0.15, 0.2) is 0 Å². The number of carbonyl (C=O) groups is 1. The third-order valence-corrected chi connectivity index (χ3v) is 1.91. The lowest BCUT2D eigenvalue weighted by Crippen LogP contribution is -2.41. The topological polar surface area (TPSA) is 70.6 Å². The molecular weight excluding hydrogens is 196 g/mol. The van der Waals surface area contributed by atoms with Gasteiger partial charge in [0.1, 0.15) is 0 Å². The maximum absolute atomic E-state index is 11.3. The van der Waals surface area contributed by atoms with Gasteiger partial charge in [0.05, 0.1) is 13.2 Å². The number of methoxy groups -OCH3 is 1. The number of rotatable bonds is 8. The van der Waals surface area contributed by atoms with Gasteiger partial charge in [-0.05, 0) is 12.8 Å². The van der Waals surface area contributed by atoms with Crippen molar-refractivity contribution < 1.29 is 14.6 Å². The average Bonchev–Trinajstić information content (AvgIpc) is 2.17. The number of amides is 1. The van der Waals surface area contributed by atoms with E-state index in [0.29, 0.717) is 13.2 Å². The molecular formula is C10H22N2O3. The Kier molecular flexibility index (Phi) is 8.27. The summed E-state index contributed by atoms with van der Waals surface area (Å²) >= 11 is 0. The molecule has 0 rings (SSSR count).